The van der Waals surface area contributed by atoms with Gasteiger partial charge in [-0.1, -0.05) is 54.9 Å². The molecule has 0 amide bonds. The van der Waals surface area contributed by atoms with Gasteiger partial charge in [-0.3, -0.25) is 0 Å². The quantitative estimate of drug-likeness (QED) is 0.284. The van der Waals surface area contributed by atoms with Crippen molar-refractivity contribution in [3.63, 3.8) is 0 Å². The van der Waals surface area contributed by atoms with Gasteiger partial charge >= 0.3 is 0 Å². The maximum Gasteiger partial charge on any atom is -0.0142 e. The Bertz CT molecular complexity index is 302. The lowest BCUT2D eigenvalue weighted by Gasteiger charge is -2.05. The van der Waals surface area contributed by atoms with Crippen LogP contribution < -0.4 is 0 Å². The maximum absolute atomic E-state index is 3.80. The van der Waals surface area contributed by atoms with E-state index in [1.165, 1.54) is 43.3 Å². The Morgan fingerprint density at radius 3 is 2.42 bits per heavy atom. The Morgan fingerprint density at radius 1 is 1.05 bits per heavy atom. The van der Waals surface area contributed by atoms with E-state index in [1.807, 2.05) is 6.08 Å². The minimum Gasteiger partial charge on any atom is -0.103 e. The molecule has 0 atom stereocenters. The van der Waals surface area contributed by atoms with Gasteiger partial charge in [-0.05, 0) is 58.8 Å². The van der Waals surface area contributed by atoms with E-state index in [-0.39, 0.29) is 0 Å². The van der Waals surface area contributed by atoms with E-state index in [0.29, 0.717) is 0 Å². The van der Waals surface area contributed by atoms with Gasteiger partial charge in [0.1, 0.15) is 0 Å². The zero-order chi connectivity index (χ0) is 14.3. The van der Waals surface area contributed by atoms with Gasteiger partial charge in [0.2, 0.25) is 0 Å². The van der Waals surface area contributed by atoms with Crippen molar-refractivity contribution < 1.29 is 0 Å². The van der Waals surface area contributed by atoms with Crippen LogP contribution in [0.4, 0.5) is 0 Å². The molecule has 0 rings (SSSR count). The second kappa shape index (κ2) is 13.4. The highest BCUT2D eigenvalue weighted by Gasteiger charge is 1.95. The smallest absolute Gasteiger partial charge is 0.0142 e. The Labute approximate surface area is 121 Å². The summed E-state index contributed by atoms with van der Waals surface area (Å²) in [5.74, 6) is 0. The standard InChI is InChI=1S/C19H32/c1-5-8-9-11-15-18(4)16-12-10-13-17-19(7-3)14-6-2/h6-9,15H,2,5,10-14,16-17H2,1,3-4H3. The van der Waals surface area contributed by atoms with E-state index in [0.717, 1.165) is 19.3 Å². The third-order valence-corrected chi connectivity index (χ3v) is 3.39. The fraction of sp³-hybridized carbons (Fsp3) is 0.579. The topological polar surface area (TPSA) is 0 Å². The molecule has 0 aliphatic heterocycles. The molecule has 0 aliphatic rings. The average Bonchev–Trinajstić information content (AvgIpc) is 2.42. The largest absolute Gasteiger partial charge is 0.103 e. The summed E-state index contributed by atoms with van der Waals surface area (Å²) in [6.07, 6.45) is 20.9. The molecule has 0 aromatic carbocycles. The minimum atomic E-state index is 1.05. The van der Waals surface area contributed by atoms with E-state index in [2.05, 4.69) is 51.7 Å². The molecule has 0 aliphatic carbocycles. The van der Waals surface area contributed by atoms with Gasteiger partial charge in [-0.25, -0.2) is 0 Å². The molecular weight excluding hydrogens is 228 g/mol. The van der Waals surface area contributed by atoms with Gasteiger partial charge in [0, 0.05) is 0 Å². The molecule has 19 heavy (non-hydrogen) atoms. The SMILES string of the molecule is C=CCC(=CC)CCCCCC(C)=CCC=CCC. The van der Waals surface area contributed by atoms with Crippen LogP contribution in [0.15, 0.2) is 48.1 Å². The van der Waals surface area contributed by atoms with Gasteiger partial charge in [0.25, 0.3) is 0 Å². The summed E-state index contributed by atoms with van der Waals surface area (Å²) in [6, 6.07) is 0. The van der Waals surface area contributed by atoms with Gasteiger partial charge < -0.3 is 0 Å². The highest BCUT2D eigenvalue weighted by atomic mass is 14.0. The van der Waals surface area contributed by atoms with Gasteiger partial charge in [0.05, 0.1) is 0 Å². The predicted molar refractivity (Wildman–Crippen MR) is 89.5 cm³/mol. The zero-order valence-corrected chi connectivity index (χ0v) is 13.3. The molecule has 0 nitrogen and oxygen atoms in total. The molecule has 0 aromatic rings. The van der Waals surface area contributed by atoms with Crippen LogP contribution in [0, 0.1) is 0 Å². The third-order valence-electron chi connectivity index (χ3n) is 3.39. The van der Waals surface area contributed by atoms with Crippen LogP contribution in [0.25, 0.3) is 0 Å². The first-order chi connectivity index (χ1) is 9.24. The molecule has 0 saturated heterocycles. The zero-order valence-electron chi connectivity index (χ0n) is 13.3. The van der Waals surface area contributed by atoms with Crippen LogP contribution in [-0.4, -0.2) is 0 Å². The molecule has 0 fully saturated rings. The molecule has 0 heterocycles. The Balaban J connectivity index is 3.63. The summed E-state index contributed by atoms with van der Waals surface area (Å²) in [5, 5.41) is 0. The lowest BCUT2D eigenvalue weighted by molar-refractivity contribution is 0.667. The fourth-order valence-electron chi connectivity index (χ4n) is 2.12. The second-order valence-corrected chi connectivity index (χ2v) is 5.17. The summed E-state index contributed by atoms with van der Waals surface area (Å²) in [6.45, 7) is 10.4. The first-order valence-electron chi connectivity index (χ1n) is 7.80. The van der Waals surface area contributed by atoms with Crippen molar-refractivity contribution in [2.45, 2.75) is 72.1 Å². The van der Waals surface area contributed by atoms with Crippen LogP contribution in [0.1, 0.15) is 72.1 Å². The van der Waals surface area contributed by atoms with Crippen molar-refractivity contribution in [1.29, 1.82) is 0 Å². The van der Waals surface area contributed by atoms with Gasteiger partial charge in [0.15, 0.2) is 0 Å². The van der Waals surface area contributed by atoms with E-state index in [1.54, 1.807) is 0 Å². The molecule has 0 radical (unpaired) electrons. The number of hydrogen-bond donors (Lipinski definition) is 0. The highest BCUT2D eigenvalue weighted by Crippen LogP contribution is 2.15. The van der Waals surface area contributed by atoms with Crippen LogP contribution in [0.2, 0.25) is 0 Å². The molecular formula is C19H32. The maximum atomic E-state index is 3.80. The number of hydrogen-bond acceptors (Lipinski definition) is 0. The van der Waals surface area contributed by atoms with E-state index >= 15 is 0 Å². The Kier molecular flexibility index (Phi) is 12.7. The van der Waals surface area contributed by atoms with Gasteiger partial charge in [-0.15, -0.1) is 6.58 Å². The van der Waals surface area contributed by atoms with E-state index < -0.39 is 0 Å². The van der Waals surface area contributed by atoms with Crippen LogP contribution >= 0.6 is 0 Å². The van der Waals surface area contributed by atoms with Crippen molar-refractivity contribution in [1.82, 2.24) is 0 Å². The van der Waals surface area contributed by atoms with Crippen molar-refractivity contribution in [3.05, 3.63) is 48.1 Å². The second-order valence-electron chi connectivity index (χ2n) is 5.17. The van der Waals surface area contributed by atoms with E-state index in [9.17, 15) is 0 Å². The predicted octanol–water partition coefficient (Wildman–Crippen LogP) is 6.76. The van der Waals surface area contributed by atoms with Crippen molar-refractivity contribution in [2.75, 3.05) is 0 Å². The normalized spacial score (nSPS) is 13.2. The van der Waals surface area contributed by atoms with Crippen molar-refractivity contribution in [2.24, 2.45) is 0 Å². The van der Waals surface area contributed by atoms with Crippen LogP contribution in [0.3, 0.4) is 0 Å². The Morgan fingerprint density at radius 2 is 1.79 bits per heavy atom. The first kappa shape index (κ1) is 18.0. The first-order valence-corrected chi connectivity index (χ1v) is 7.80. The molecule has 108 valence electrons. The third kappa shape index (κ3) is 11.8. The van der Waals surface area contributed by atoms with Crippen LogP contribution in [-0.2, 0) is 0 Å². The molecule has 0 unspecified atom stereocenters. The minimum absolute atomic E-state index is 1.05. The summed E-state index contributed by atoms with van der Waals surface area (Å²) in [7, 11) is 0. The Hall–Kier alpha value is -1.04. The summed E-state index contributed by atoms with van der Waals surface area (Å²) < 4.78 is 0. The fourth-order valence-corrected chi connectivity index (χ4v) is 2.12. The summed E-state index contributed by atoms with van der Waals surface area (Å²) in [4.78, 5) is 0. The van der Waals surface area contributed by atoms with Gasteiger partial charge in [-0.2, -0.15) is 0 Å². The van der Waals surface area contributed by atoms with Crippen LogP contribution in [0.5, 0.6) is 0 Å². The molecule has 0 spiro atoms. The average molecular weight is 260 g/mol. The monoisotopic (exact) mass is 260 g/mol. The number of unbranched alkanes of at least 4 members (excludes halogenated alkanes) is 2. The summed E-state index contributed by atoms with van der Waals surface area (Å²) >= 11 is 0. The lowest BCUT2D eigenvalue weighted by atomic mass is 10.0. The number of rotatable bonds is 11. The van der Waals surface area contributed by atoms with Crippen molar-refractivity contribution in [3.8, 4) is 0 Å². The molecule has 0 saturated carbocycles. The van der Waals surface area contributed by atoms with Crippen molar-refractivity contribution >= 4 is 0 Å². The van der Waals surface area contributed by atoms with E-state index in [4.69, 9.17) is 0 Å². The molecule has 0 N–H and O–H groups in total. The number of allylic oxidation sites excluding steroid dienone is 7. The molecule has 0 bridgehead atoms. The molecule has 0 aromatic heterocycles. The highest BCUT2D eigenvalue weighted by molar-refractivity contribution is 5.05. The molecule has 0 heteroatoms. The lowest BCUT2D eigenvalue weighted by Crippen LogP contribution is -1.85. The summed E-state index contributed by atoms with van der Waals surface area (Å²) in [5.41, 5.74) is 3.07.